The van der Waals surface area contributed by atoms with Gasteiger partial charge in [0.05, 0.1) is 42.3 Å². The molecule has 0 radical (unpaired) electrons. The van der Waals surface area contributed by atoms with Crippen LogP contribution in [-0.2, 0) is 52.4 Å². The molecule has 73 heavy (non-hydrogen) atoms. The van der Waals surface area contributed by atoms with Gasteiger partial charge in [0.25, 0.3) is 0 Å². The first-order chi connectivity index (χ1) is 34.5. The highest BCUT2D eigenvalue weighted by Crippen LogP contribution is 2.64. The summed E-state index contributed by atoms with van der Waals surface area (Å²) >= 11 is 0. The number of hydrogen-bond donors (Lipinski definition) is 5. The van der Waals surface area contributed by atoms with Gasteiger partial charge < -0.3 is 54.4 Å². The van der Waals surface area contributed by atoms with Crippen LogP contribution in [0.25, 0.3) is 0 Å². The molecular weight excluding hydrogens is 945 g/mol. The lowest BCUT2D eigenvalue weighted by atomic mass is 9.44. The summed E-state index contributed by atoms with van der Waals surface area (Å²) in [6.45, 7) is 12.0. The standard InChI is InChI=1S/C55H70N2O16/c1-30(2)25-38(57-42(61)23-17-12-18-24-56-51(66)68-28-37-35-21-15-9-10-16-22-36(35)37)44(62)50(65)71-39-27-55(67)48(72-49(64)34-19-13-11-14-20-34)46-53(8,40(60)26-41-54(46,29-69-41)73-33(5)59)47(63)45(70-32(4)58)43(31(39)3)52(55,6)7/h11,13-14,17,19-20,23,25,35-41,44-46,48,60,62,67H,12,15-16,18,21-22,24,26-29H2,1-8H3,(H,56,66)(H,57,61)/b23-17+/t35-,36+,37?,38-,39-,40-,41+,44+,45+,46-,48-,53+,54-,55+/m0/s1. The van der Waals surface area contributed by atoms with Crippen molar-refractivity contribution in [2.24, 2.45) is 34.5 Å². The number of hydrogen-bond acceptors (Lipinski definition) is 16. The number of ketones is 1. The molecule has 7 rings (SSSR count). The molecule has 18 nitrogen and oxygen atoms in total. The lowest BCUT2D eigenvalue weighted by Gasteiger charge is -2.67. The molecule has 1 aromatic carbocycles. The van der Waals surface area contributed by atoms with Crippen LogP contribution in [0.1, 0.15) is 117 Å². The summed E-state index contributed by atoms with van der Waals surface area (Å²) in [6, 6.07) is 6.49. The molecule has 1 unspecified atom stereocenters. The van der Waals surface area contributed by atoms with Crippen LogP contribution in [0.15, 0.2) is 65.3 Å². The number of ether oxygens (including phenoxy) is 6. The minimum absolute atomic E-state index is 0.0152. The Morgan fingerprint density at radius 2 is 1.62 bits per heavy atom. The highest BCUT2D eigenvalue weighted by Gasteiger charge is 2.78. The summed E-state index contributed by atoms with van der Waals surface area (Å²) in [4.78, 5) is 95.8. The van der Waals surface area contributed by atoms with Crippen molar-refractivity contribution < 1.29 is 77.3 Å². The number of aliphatic hydroxyl groups excluding tert-OH is 2. The molecule has 5 aliphatic carbocycles. The van der Waals surface area contributed by atoms with Crippen LogP contribution in [0, 0.1) is 46.3 Å². The zero-order valence-corrected chi connectivity index (χ0v) is 42.9. The normalized spacial score (nSPS) is 33.5. The number of carbonyl (C=O) groups excluding carboxylic acids is 7. The second kappa shape index (κ2) is 21.9. The fourth-order valence-corrected chi connectivity index (χ4v) is 12.3. The molecular formula is C55H70N2O16. The Bertz CT molecular complexity index is 2470. The van der Waals surface area contributed by atoms with Gasteiger partial charge in [-0.1, -0.05) is 49.8 Å². The maximum Gasteiger partial charge on any atom is 0.407 e. The largest absolute Gasteiger partial charge is 0.456 e. The highest BCUT2D eigenvalue weighted by atomic mass is 16.6. The minimum Gasteiger partial charge on any atom is -0.456 e. The number of aliphatic hydroxyl groups is 3. The molecule has 396 valence electrons. The predicted molar refractivity (Wildman–Crippen MR) is 260 cm³/mol. The molecule has 0 spiro atoms. The van der Waals surface area contributed by atoms with E-state index in [1.54, 1.807) is 52.0 Å². The van der Waals surface area contributed by atoms with Gasteiger partial charge in [0.15, 0.2) is 23.6 Å². The van der Waals surface area contributed by atoms with Crippen molar-refractivity contribution in [3.63, 3.8) is 0 Å². The zero-order chi connectivity index (χ0) is 53.2. The maximum absolute atomic E-state index is 15.5. The monoisotopic (exact) mass is 1010 g/mol. The van der Waals surface area contributed by atoms with Crippen LogP contribution in [0.2, 0.25) is 0 Å². The molecule has 14 atom stereocenters. The van der Waals surface area contributed by atoms with Crippen LogP contribution >= 0.6 is 0 Å². The van der Waals surface area contributed by atoms with E-state index in [0.717, 1.165) is 39.5 Å². The third kappa shape index (κ3) is 10.9. The van der Waals surface area contributed by atoms with E-state index in [2.05, 4.69) is 22.5 Å². The van der Waals surface area contributed by atoms with E-state index in [-0.39, 0.29) is 29.7 Å². The van der Waals surface area contributed by atoms with E-state index in [1.165, 1.54) is 38.1 Å². The molecule has 1 aliphatic heterocycles. The smallest absolute Gasteiger partial charge is 0.407 e. The quantitative estimate of drug-likeness (QED) is 0.0381. The fraction of sp³-hybridized carbons (Fsp3) is 0.618. The molecule has 18 heteroatoms. The Morgan fingerprint density at radius 1 is 0.945 bits per heavy atom. The number of amides is 2. The number of esters is 4. The first-order valence-electron chi connectivity index (χ1n) is 25.2. The second-order valence-electron chi connectivity index (χ2n) is 21.4. The van der Waals surface area contributed by atoms with Crippen molar-refractivity contribution in [1.82, 2.24) is 10.6 Å². The number of benzene rings is 1. The number of alkyl carbamates (subject to hydrolysis) is 1. The van der Waals surface area contributed by atoms with E-state index in [9.17, 15) is 44.1 Å². The molecule has 1 heterocycles. The Morgan fingerprint density at radius 3 is 2.22 bits per heavy atom. The van der Waals surface area contributed by atoms with Gasteiger partial charge in [-0.25, -0.2) is 14.4 Å². The van der Waals surface area contributed by atoms with Gasteiger partial charge in [-0.3, -0.25) is 19.2 Å². The summed E-state index contributed by atoms with van der Waals surface area (Å²) < 4.78 is 35.8. The number of allylic oxidation sites excluding steroid dienone is 2. The molecule has 2 amide bonds. The molecule has 3 saturated carbocycles. The van der Waals surface area contributed by atoms with Crippen LogP contribution in [0.4, 0.5) is 4.79 Å². The average molecular weight is 1020 g/mol. The van der Waals surface area contributed by atoms with Gasteiger partial charge in [0, 0.05) is 51.5 Å². The Balaban J connectivity index is 1.12. The molecule has 2 bridgehead atoms. The molecule has 5 N–H and O–H groups in total. The van der Waals surface area contributed by atoms with E-state index < -0.39 is 119 Å². The fourth-order valence-electron chi connectivity index (χ4n) is 12.3. The number of carbonyl (C=O) groups is 7. The van der Waals surface area contributed by atoms with Crippen molar-refractivity contribution in [2.75, 3.05) is 19.8 Å². The number of Topliss-reactive ketones (excluding diaryl/α,β-unsaturated/α-hetero) is 1. The summed E-state index contributed by atoms with van der Waals surface area (Å²) in [5.74, 6) is 0.869. The van der Waals surface area contributed by atoms with Crippen molar-refractivity contribution in [3.05, 3.63) is 70.8 Å². The zero-order valence-electron chi connectivity index (χ0n) is 42.9. The predicted octanol–water partition coefficient (Wildman–Crippen LogP) is 4.52. The maximum atomic E-state index is 15.5. The molecule has 6 aliphatic rings. The minimum atomic E-state index is -2.41. The average Bonchev–Trinajstić information content (AvgIpc) is 3.97. The number of nitrogens with one attached hydrogen (secondary N) is 2. The lowest BCUT2D eigenvalue weighted by Crippen LogP contribution is -2.82. The van der Waals surface area contributed by atoms with Crippen molar-refractivity contribution in [3.8, 4) is 11.8 Å². The van der Waals surface area contributed by atoms with E-state index in [4.69, 9.17) is 28.4 Å². The summed E-state index contributed by atoms with van der Waals surface area (Å²) in [7, 11) is 0. The van der Waals surface area contributed by atoms with E-state index in [0.29, 0.717) is 49.3 Å². The van der Waals surface area contributed by atoms with Crippen molar-refractivity contribution in [1.29, 1.82) is 0 Å². The third-order valence-corrected chi connectivity index (χ3v) is 16.2. The van der Waals surface area contributed by atoms with E-state index in [1.807, 2.05) is 0 Å². The molecule has 0 aromatic heterocycles. The Labute approximate surface area is 426 Å². The third-order valence-electron chi connectivity index (χ3n) is 16.2. The van der Waals surface area contributed by atoms with E-state index >= 15 is 4.79 Å². The highest BCUT2D eigenvalue weighted by molar-refractivity contribution is 5.96. The van der Waals surface area contributed by atoms with Gasteiger partial charge in [-0.2, -0.15) is 0 Å². The Kier molecular flexibility index (Phi) is 16.5. The SMILES string of the molecule is CC(=O)O[C@H]1C(=O)[C@@]2(C)[C@H]([C@H](OC(=O)c3ccccc3)[C@]3(O)C[C@H](OC(=O)[C@H](O)[C@H](C=C(C)C)NC(=O)/C=C/CCCNC(=O)OCC4[C@H]5CCC#CCC[C@@H]45)C(C)=C1C3(C)C)[C@]1(OC(C)=O)CO[C@@H]1C[C@@H]2O. The second-order valence-corrected chi connectivity index (χ2v) is 21.4. The molecule has 1 saturated heterocycles. The molecule has 1 aromatic rings. The van der Waals surface area contributed by atoms with Gasteiger partial charge in [-0.05, 0) is 100 Å². The van der Waals surface area contributed by atoms with Crippen molar-refractivity contribution in [2.45, 2.75) is 161 Å². The van der Waals surface area contributed by atoms with Gasteiger partial charge >= 0.3 is 30.0 Å². The topological polar surface area (TPSA) is 260 Å². The van der Waals surface area contributed by atoms with Gasteiger partial charge in [0.2, 0.25) is 5.91 Å². The first kappa shape index (κ1) is 54.9. The van der Waals surface area contributed by atoms with Crippen LogP contribution < -0.4 is 10.6 Å². The summed E-state index contributed by atoms with van der Waals surface area (Å²) in [5.41, 5.74) is -7.11. The van der Waals surface area contributed by atoms with Crippen molar-refractivity contribution >= 4 is 41.7 Å². The number of fused-ring (bicyclic) bond motifs is 6. The van der Waals surface area contributed by atoms with Crippen LogP contribution in [0.3, 0.4) is 0 Å². The summed E-state index contributed by atoms with van der Waals surface area (Å²) in [6.07, 6.45) is -2.11. The summed E-state index contributed by atoms with van der Waals surface area (Å²) in [5, 5.41) is 42.8. The van der Waals surface area contributed by atoms with Crippen LogP contribution in [-0.4, -0.2) is 131 Å². The number of unbranched alkanes of at least 4 members (excludes halogenated alkanes) is 1. The van der Waals surface area contributed by atoms with Gasteiger partial charge in [0.1, 0.15) is 23.9 Å². The van der Waals surface area contributed by atoms with Gasteiger partial charge in [-0.15, -0.1) is 11.8 Å². The molecule has 4 fully saturated rings. The first-order valence-corrected chi connectivity index (χ1v) is 25.2. The van der Waals surface area contributed by atoms with Crippen LogP contribution in [0.5, 0.6) is 0 Å². The lowest BCUT2D eigenvalue weighted by molar-refractivity contribution is -0.346. The number of rotatable bonds is 16. The Hall–Kier alpha value is -5.87.